The standard InChI is InChI=1S/C28H25Cl2F2N3O5/c1-14-34-20-9-17(5-7-21(20)35(14)2)27(37)39-23(11-18-19(29)12-33-26(36)25(18)30)16-6-8-22(40-28(31)32)24(10-16)38-13-15-3-4-15/h5-10,12,15,23,28H,3-4,11,13H2,1-2H3,(H,33,36). The zero-order chi connectivity index (χ0) is 28.6. The fourth-order valence-corrected chi connectivity index (χ4v) is 4.80. The highest BCUT2D eigenvalue weighted by Gasteiger charge is 2.26. The zero-order valence-corrected chi connectivity index (χ0v) is 23.1. The number of ether oxygens (including phenoxy) is 3. The van der Waals surface area contributed by atoms with Crippen molar-refractivity contribution in [2.45, 2.75) is 38.9 Å². The third kappa shape index (κ3) is 6.08. The van der Waals surface area contributed by atoms with Crippen LogP contribution < -0.4 is 15.0 Å². The van der Waals surface area contributed by atoms with E-state index in [9.17, 15) is 18.4 Å². The van der Waals surface area contributed by atoms with Crippen LogP contribution in [0, 0.1) is 12.8 Å². The minimum Gasteiger partial charge on any atom is -0.489 e. The molecule has 2 heterocycles. The van der Waals surface area contributed by atoms with Crippen molar-refractivity contribution in [1.29, 1.82) is 0 Å². The molecule has 1 fully saturated rings. The topological polar surface area (TPSA) is 95.4 Å². The van der Waals surface area contributed by atoms with Gasteiger partial charge in [0.05, 0.1) is 28.2 Å². The van der Waals surface area contributed by atoms with Gasteiger partial charge in [-0.25, -0.2) is 9.78 Å². The molecule has 1 atom stereocenters. The number of benzene rings is 2. The van der Waals surface area contributed by atoms with Crippen molar-refractivity contribution in [1.82, 2.24) is 14.5 Å². The summed E-state index contributed by atoms with van der Waals surface area (Å²) >= 11 is 12.6. The first-order valence-electron chi connectivity index (χ1n) is 12.5. The summed E-state index contributed by atoms with van der Waals surface area (Å²) < 4.78 is 44.4. The SMILES string of the molecule is Cc1nc2cc(C(=O)OC(Cc3c(Cl)c[nH]c(=O)c3Cl)c3ccc(OC(F)F)c(OCC4CC4)c3)ccc2n1C. The number of aromatic nitrogens is 3. The smallest absolute Gasteiger partial charge is 0.387 e. The number of H-pyrrole nitrogens is 1. The molecule has 0 saturated heterocycles. The number of aromatic amines is 1. The molecule has 1 saturated carbocycles. The van der Waals surface area contributed by atoms with Gasteiger partial charge in [-0.15, -0.1) is 0 Å². The number of nitrogens with one attached hydrogen (secondary N) is 1. The van der Waals surface area contributed by atoms with Gasteiger partial charge in [-0.3, -0.25) is 4.79 Å². The first-order chi connectivity index (χ1) is 19.1. The number of imidazole rings is 1. The van der Waals surface area contributed by atoms with Crippen LogP contribution in [0.5, 0.6) is 11.5 Å². The summed E-state index contributed by atoms with van der Waals surface area (Å²) in [7, 11) is 1.87. The Kier molecular flexibility index (Phi) is 8.00. The Labute approximate surface area is 237 Å². The predicted molar refractivity (Wildman–Crippen MR) is 146 cm³/mol. The molecule has 40 heavy (non-hydrogen) atoms. The van der Waals surface area contributed by atoms with Crippen molar-refractivity contribution in [3.05, 3.63) is 85.5 Å². The molecule has 5 rings (SSSR count). The number of aryl methyl sites for hydroxylation is 2. The molecule has 2 aromatic carbocycles. The highest BCUT2D eigenvalue weighted by Crippen LogP contribution is 2.38. The monoisotopic (exact) mass is 591 g/mol. The van der Waals surface area contributed by atoms with Crippen LogP contribution in [0.2, 0.25) is 10.0 Å². The first-order valence-corrected chi connectivity index (χ1v) is 13.3. The van der Waals surface area contributed by atoms with Crippen LogP contribution >= 0.6 is 23.2 Å². The first kappa shape index (κ1) is 27.9. The summed E-state index contributed by atoms with van der Waals surface area (Å²) in [4.78, 5) is 32.5. The number of rotatable bonds is 10. The van der Waals surface area contributed by atoms with Crippen molar-refractivity contribution in [3.63, 3.8) is 0 Å². The number of fused-ring (bicyclic) bond motifs is 1. The van der Waals surface area contributed by atoms with E-state index in [1.807, 2.05) is 18.5 Å². The Morgan fingerprint density at radius 3 is 2.67 bits per heavy atom. The summed E-state index contributed by atoms with van der Waals surface area (Å²) in [5.74, 6) is 0.393. The molecule has 210 valence electrons. The maximum atomic E-state index is 13.4. The molecule has 1 aliphatic rings. The summed E-state index contributed by atoms with van der Waals surface area (Å²) in [6.45, 7) is -0.864. The van der Waals surface area contributed by atoms with E-state index in [4.69, 9.17) is 32.7 Å². The van der Waals surface area contributed by atoms with E-state index < -0.39 is 24.2 Å². The number of pyridine rings is 1. The molecule has 1 N–H and O–H groups in total. The molecule has 0 aliphatic heterocycles. The van der Waals surface area contributed by atoms with E-state index in [2.05, 4.69) is 14.7 Å². The van der Waals surface area contributed by atoms with Gasteiger partial charge in [-0.05, 0) is 61.6 Å². The van der Waals surface area contributed by atoms with Crippen molar-refractivity contribution >= 4 is 40.2 Å². The molecule has 1 unspecified atom stereocenters. The minimum atomic E-state index is -3.05. The highest BCUT2D eigenvalue weighted by atomic mass is 35.5. The second-order valence-electron chi connectivity index (χ2n) is 9.62. The van der Waals surface area contributed by atoms with Crippen LogP contribution in [0.25, 0.3) is 11.0 Å². The highest BCUT2D eigenvalue weighted by molar-refractivity contribution is 6.35. The number of alkyl halides is 2. The van der Waals surface area contributed by atoms with E-state index in [1.54, 1.807) is 18.2 Å². The molecule has 0 amide bonds. The van der Waals surface area contributed by atoms with Gasteiger partial charge in [-0.1, -0.05) is 29.3 Å². The van der Waals surface area contributed by atoms with Gasteiger partial charge < -0.3 is 23.8 Å². The summed E-state index contributed by atoms with van der Waals surface area (Å²) in [6.07, 6.45) is 2.19. The van der Waals surface area contributed by atoms with Crippen LogP contribution in [-0.4, -0.2) is 33.7 Å². The van der Waals surface area contributed by atoms with Crippen LogP contribution in [0.4, 0.5) is 8.78 Å². The molecular formula is C28H25Cl2F2N3O5. The van der Waals surface area contributed by atoms with Crippen molar-refractivity contribution < 1.29 is 27.8 Å². The van der Waals surface area contributed by atoms with Gasteiger partial charge in [0.1, 0.15) is 17.0 Å². The molecule has 4 aromatic rings. The number of carbonyl (C=O) groups is 1. The Hall–Kier alpha value is -3.63. The average Bonchev–Trinajstić information content (AvgIpc) is 3.71. The molecule has 12 heteroatoms. The summed E-state index contributed by atoms with van der Waals surface area (Å²) in [5.41, 5.74) is 1.82. The fourth-order valence-electron chi connectivity index (χ4n) is 4.29. The predicted octanol–water partition coefficient (Wildman–Crippen LogP) is 6.41. The van der Waals surface area contributed by atoms with Gasteiger partial charge in [0.15, 0.2) is 11.5 Å². The van der Waals surface area contributed by atoms with E-state index in [0.717, 1.165) is 24.2 Å². The summed E-state index contributed by atoms with van der Waals surface area (Å²) in [6, 6.07) is 9.32. The van der Waals surface area contributed by atoms with Gasteiger partial charge in [-0.2, -0.15) is 8.78 Å². The number of nitrogens with zero attached hydrogens (tertiary/aromatic N) is 2. The molecule has 0 spiro atoms. The van der Waals surface area contributed by atoms with Crippen molar-refractivity contribution in [2.75, 3.05) is 6.61 Å². The number of hydrogen-bond acceptors (Lipinski definition) is 6. The minimum absolute atomic E-state index is 0.0740. The summed E-state index contributed by atoms with van der Waals surface area (Å²) in [5, 5.41) is 0.0145. The maximum absolute atomic E-state index is 13.4. The lowest BCUT2D eigenvalue weighted by Crippen LogP contribution is -2.17. The lowest BCUT2D eigenvalue weighted by Gasteiger charge is -2.21. The van der Waals surface area contributed by atoms with Gasteiger partial charge >= 0.3 is 12.6 Å². The second-order valence-corrected chi connectivity index (χ2v) is 10.4. The van der Waals surface area contributed by atoms with Crippen LogP contribution in [-0.2, 0) is 18.2 Å². The number of hydrogen-bond donors (Lipinski definition) is 1. The lowest BCUT2D eigenvalue weighted by atomic mass is 10.0. The second kappa shape index (κ2) is 11.5. The number of halogens is 4. The van der Waals surface area contributed by atoms with Gasteiger partial charge in [0.25, 0.3) is 5.56 Å². The largest absolute Gasteiger partial charge is 0.489 e. The normalized spacial score (nSPS) is 14.0. The van der Waals surface area contributed by atoms with Crippen LogP contribution in [0.15, 0.2) is 47.4 Å². The molecule has 2 aromatic heterocycles. The van der Waals surface area contributed by atoms with Crippen molar-refractivity contribution in [3.8, 4) is 11.5 Å². The zero-order valence-electron chi connectivity index (χ0n) is 21.5. The lowest BCUT2D eigenvalue weighted by molar-refractivity contribution is -0.0515. The average molecular weight is 592 g/mol. The third-order valence-electron chi connectivity index (χ3n) is 6.79. The van der Waals surface area contributed by atoms with Crippen LogP contribution in [0.1, 0.15) is 46.3 Å². The molecule has 0 radical (unpaired) electrons. The Bertz CT molecular complexity index is 1630. The van der Waals surface area contributed by atoms with Crippen molar-refractivity contribution in [2.24, 2.45) is 13.0 Å². The van der Waals surface area contributed by atoms with E-state index in [1.165, 1.54) is 24.4 Å². The van der Waals surface area contributed by atoms with E-state index >= 15 is 0 Å². The van der Waals surface area contributed by atoms with Crippen LogP contribution in [0.3, 0.4) is 0 Å². The van der Waals surface area contributed by atoms with E-state index in [0.29, 0.717) is 23.6 Å². The Balaban J connectivity index is 1.51. The quantitative estimate of drug-likeness (QED) is 0.214. The molecule has 1 aliphatic carbocycles. The Morgan fingerprint density at radius 1 is 1.18 bits per heavy atom. The van der Waals surface area contributed by atoms with E-state index in [-0.39, 0.29) is 39.1 Å². The Morgan fingerprint density at radius 2 is 1.95 bits per heavy atom. The number of carbonyl (C=O) groups excluding carboxylic acids is 1. The van der Waals surface area contributed by atoms with Gasteiger partial charge in [0.2, 0.25) is 0 Å². The van der Waals surface area contributed by atoms with Gasteiger partial charge in [0, 0.05) is 25.2 Å². The molecule has 8 nitrogen and oxygen atoms in total. The number of esters is 1. The maximum Gasteiger partial charge on any atom is 0.387 e. The molecule has 0 bridgehead atoms. The molecular weight excluding hydrogens is 567 g/mol. The fraction of sp³-hybridized carbons (Fsp3) is 0.321. The third-order valence-corrected chi connectivity index (χ3v) is 7.53.